The van der Waals surface area contributed by atoms with Crippen LogP contribution in [0.5, 0.6) is 5.75 Å². The summed E-state index contributed by atoms with van der Waals surface area (Å²) in [5.41, 5.74) is 2.42. The van der Waals surface area contributed by atoms with Crippen LogP contribution >= 0.6 is 0 Å². The SMILES string of the molecule is Cc1cc(NC(=O)[C@H]2CCCN2)c(C)cc1O. The molecule has 0 unspecified atom stereocenters. The second-order valence-corrected chi connectivity index (χ2v) is 4.59. The van der Waals surface area contributed by atoms with Crippen LogP contribution in [0.3, 0.4) is 0 Å². The zero-order valence-electron chi connectivity index (χ0n) is 10.2. The van der Waals surface area contributed by atoms with E-state index in [0.717, 1.165) is 36.2 Å². The number of carbonyl (C=O) groups is 1. The summed E-state index contributed by atoms with van der Waals surface area (Å²) in [6, 6.07) is 3.40. The van der Waals surface area contributed by atoms with E-state index < -0.39 is 0 Å². The Balaban J connectivity index is 2.12. The molecule has 1 amide bonds. The monoisotopic (exact) mass is 234 g/mol. The van der Waals surface area contributed by atoms with E-state index in [4.69, 9.17) is 0 Å². The third kappa shape index (κ3) is 2.58. The molecule has 1 aromatic rings. The standard InChI is InChI=1S/C13H18N2O2/c1-8-7-12(16)9(2)6-11(8)15-13(17)10-4-3-5-14-10/h6-7,10,14,16H,3-5H2,1-2H3,(H,15,17)/t10-/m1/s1. The highest BCUT2D eigenvalue weighted by Crippen LogP contribution is 2.25. The van der Waals surface area contributed by atoms with Crippen molar-refractivity contribution in [2.24, 2.45) is 0 Å². The molecule has 1 atom stereocenters. The molecule has 0 aliphatic carbocycles. The number of aryl methyl sites for hydroxylation is 2. The van der Waals surface area contributed by atoms with Crippen LogP contribution in [-0.2, 0) is 4.79 Å². The van der Waals surface area contributed by atoms with E-state index in [0.29, 0.717) is 0 Å². The fourth-order valence-electron chi connectivity index (χ4n) is 2.06. The van der Waals surface area contributed by atoms with Crippen LogP contribution < -0.4 is 10.6 Å². The molecule has 1 saturated heterocycles. The van der Waals surface area contributed by atoms with Gasteiger partial charge in [-0.3, -0.25) is 4.79 Å². The summed E-state index contributed by atoms with van der Waals surface area (Å²) in [6.45, 7) is 4.60. The van der Waals surface area contributed by atoms with E-state index in [2.05, 4.69) is 10.6 Å². The van der Waals surface area contributed by atoms with Crippen molar-refractivity contribution in [1.29, 1.82) is 0 Å². The van der Waals surface area contributed by atoms with Gasteiger partial charge < -0.3 is 15.7 Å². The van der Waals surface area contributed by atoms with Gasteiger partial charge in [0.15, 0.2) is 0 Å². The number of nitrogens with one attached hydrogen (secondary N) is 2. The third-order valence-corrected chi connectivity index (χ3v) is 3.18. The Labute approximate surface area is 101 Å². The number of benzene rings is 1. The molecule has 4 heteroatoms. The number of rotatable bonds is 2. The van der Waals surface area contributed by atoms with E-state index in [1.54, 1.807) is 12.1 Å². The Morgan fingerprint density at radius 1 is 1.41 bits per heavy atom. The van der Waals surface area contributed by atoms with E-state index >= 15 is 0 Å². The number of phenols is 1. The van der Waals surface area contributed by atoms with Crippen molar-refractivity contribution < 1.29 is 9.90 Å². The molecule has 1 aromatic carbocycles. The Morgan fingerprint density at radius 2 is 2.18 bits per heavy atom. The van der Waals surface area contributed by atoms with Gasteiger partial charge in [0, 0.05) is 5.69 Å². The molecule has 0 saturated carbocycles. The number of carbonyl (C=O) groups excluding carboxylic acids is 1. The smallest absolute Gasteiger partial charge is 0.241 e. The molecule has 92 valence electrons. The van der Waals surface area contributed by atoms with Crippen LogP contribution in [0.4, 0.5) is 5.69 Å². The van der Waals surface area contributed by atoms with Gasteiger partial charge in [-0.1, -0.05) is 0 Å². The molecule has 1 fully saturated rings. The minimum absolute atomic E-state index is 0.00990. The van der Waals surface area contributed by atoms with Crippen LogP contribution in [0, 0.1) is 13.8 Å². The number of hydrogen-bond donors (Lipinski definition) is 3. The first-order valence-corrected chi connectivity index (χ1v) is 5.92. The van der Waals surface area contributed by atoms with E-state index in [-0.39, 0.29) is 17.7 Å². The molecule has 2 rings (SSSR count). The van der Waals surface area contributed by atoms with Gasteiger partial charge in [0.1, 0.15) is 5.75 Å². The highest BCUT2D eigenvalue weighted by molar-refractivity contribution is 5.95. The maximum Gasteiger partial charge on any atom is 0.241 e. The summed E-state index contributed by atoms with van der Waals surface area (Å²) in [5, 5.41) is 15.6. The topological polar surface area (TPSA) is 61.4 Å². The molecule has 0 bridgehead atoms. The third-order valence-electron chi connectivity index (χ3n) is 3.18. The molecule has 1 aliphatic rings. The highest BCUT2D eigenvalue weighted by Gasteiger charge is 2.22. The van der Waals surface area contributed by atoms with Gasteiger partial charge in [-0.25, -0.2) is 0 Å². The average Bonchev–Trinajstić information content (AvgIpc) is 2.79. The summed E-state index contributed by atoms with van der Waals surface area (Å²) in [4.78, 5) is 11.9. The minimum Gasteiger partial charge on any atom is -0.508 e. The lowest BCUT2D eigenvalue weighted by Crippen LogP contribution is -2.35. The van der Waals surface area contributed by atoms with E-state index in [1.807, 2.05) is 13.8 Å². The lowest BCUT2D eigenvalue weighted by molar-refractivity contribution is -0.117. The molecular formula is C13H18N2O2. The molecular weight excluding hydrogens is 216 g/mol. The molecule has 17 heavy (non-hydrogen) atoms. The van der Waals surface area contributed by atoms with Crippen LogP contribution in [-0.4, -0.2) is 23.6 Å². The van der Waals surface area contributed by atoms with Gasteiger partial charge in [-0.15, -0.1) is 0 Å². The Hall–Kier alpha value is -1.55. The Morgan fingerprint density at radius 3 is 2.82 bits per heavy atom. The van der Waals surface area contributed by atoms with Gasteiger partial charge >= 0.3 is 0 Å². The number of anilines is 1. The van der Waals surface area contributed by atoms with Crippen LogP contribution in [0.1, 0.15) is 24.0 Å². The van der Waals surface area contributed by atoms with Crippen molar-refractivity contribution in [1.82, 2.24) is 5.32 Å². The molecule has 1 aliphatic heterocycles. The molecule has 0 aromatic heterocycles. The summed E-state index contributed by atoms with van der Waals surface area (Å²) < 4.78 is 0. The van der Waals surface area contributed by atoms with Crippen molar-refractivity contribution in [2.75, 3.05) is 11.9 Å². The first kappa shape index (κ1) is 11.9. The zero-order valence-corrected chi connectivity index (χ0v) is 10.2. The zero-order chi connectivity index (χ0) is 12.4. The van der Waals surface area contributed by atoms with Crippen molar-refractivity contribution in [2.45, 2.75) is 32.7 Å². The summed E-state index contributed by atoms with van der Waals surface area (Å²) in [6.07, 6.45) is 1.94. The number of hydrogen-bond acceptors (Lipinski definition) is 3. The predicted molar refractivity (Wildman–Crippen MR) is 67.2 cm³/mol. The molecule has 3 N–H and O–H groups in total. The van der Waals surface area contributed by atoms with E-state index in [9.17, 15) is 9.90 Å². The predicted octanol–water partition coefficient (Wildman–Crippen LogP) is 1.70. The molecule has 1 heterocycles. The fraction of sp³-hybridized carbons (Fsp3) is 0.462. The molecule has 0 radical (unpaired) electrons. The van der Waals surface area contributed by atoms with Crippen molar-refractivity contribution in [3.8, 4) is 5.75 Å². The van der Waals surface area contributed by atoms with Crippen molar-refractivity contribution in [3.63, 3.8) is 0 Å². The first-order chi connectivity index (χ1) is 8.08. The Bertz CT molecular complexity index is 437. The van der Waals surface area contributed by atoms with Crippen molar-refractivity contribution in [3.05, 3.63) is 23.3 Å². The maximum atomic E-state index is 11.9. The average molecular weight is 234 g/mol. The fourth-order valence-corrected chi connectivity index (χ4v) is 2.06. The van der Waals surface area contributed by atoms with Gasteiger partial charge in [0.05, 0.1) is 6.04 Å². The largest absolute Gasteiger partial charge is 0.508 e. The van der Waals surface area contributed by atoms with Gasteiger partial charge in [-0.2, -0.15) is 0 Å². The first-order valence-electron chi connectivity index (χ1n) is 5.92. The number of aromatic hydroxyl groups is 1. The summed E-state index contributed by atoms with van der Waals surface area (Å²) >= 11 is 0. The minimum atomic E-state index is -0.0801. The van der Waals surface area contributed by atoms with Crippen LogP contribution in [0.15, 0.2) is 12.1 Å². The van der Waals surface area contributed by atoms with Crippen LogP contribution in [0.25, 0.3) is 0 Å². The second kappa shape index (κ2) is 4.75. The maximum absolute atomic E-state index is 11.9. The van der Waals surface area contributed by atoms with Gasteiger partial charge in [-0.05, 0) is 56.5 Å². The van der Waals surface area contributed by atoms with Crippen LogP contribution in [0.2, 0.25) is 0 Å². The molecule has 4 nitrogen and oxygen atoms in total. The van der Waals surface area contributed by atoms with Gasteiger partial charge in [0.25, 0.3) is 0 Å². The Kier molecular flexibility index (Phi) is 3.33. The van der Waals surface area contributed by atoms with E-state index in [1.165, 1.54) is 0 Å². The highest BCUT2D eigenvalue weighted by atomic mass is 16.3. The summed E-state index contributed by atoms with van der Waals surface area (Å²) in [5.74, 6) is 0.273. The van der Waals surface area contributed by atoms with Gasteiger partial charge in [0.2, 0.25) is 5.91 Å². The van der Waals surface area contributed by atoms with Crippen molar-refractivity contribution >= 4 is 11.6 Å². The second-order valence-electron chi connectivity index (χ2n) is 4.59. The summed E-state index contributed by atoms with van der Waals surface area (Å²) in [7, 11) is 0. The lowest BCUT2D eigenvalue weighted by Gasteiger charge is -2.14. The normalized spacial score (nSPS) is 19.3. The number of amides is 1. The number of phenolic OH excluding ortho intramolecular Hbond substituents is 1. The lowest BCUT2D eigenvalue weighted by atomic mass is 10.1. The quantitative estimate of drug-likeness (QED) is 0.682. The molecule has 0 spiro atoms.